The second kappa shape index (κ2) is 10.4. The lowest BCUT2D eigenvalue weighted by atomic mass is 9.91. The maximum absolute atomic E-state index is 13.8. The molecule has 0 atom stereocenters. The maximum Gasteiger partial charge on any atom is 0.290 e. The Balaban J connectivity index is 1.14. The fraction of sp³-hybridized carbons (Fsp3) is 0.280. The van der Waals surface area contributed by atoms with Crippen LogP contribution in [0.2, 0.25) is 0 Å². The highest BCUT2D eigenvalue weighted by molar-refractivity contribution is 8.18. The minimum absolute atomic E-state index is 0.244. The summed E-state index contributed by atoms with van der Waals surface area (Å²) in [5.74, 6) is -0.171. The Morgan fingerprint density at radius 2 is 1.97 bits per heavy atom. The number of benzene rings is 1. The van der Waals surface area contributed by atoms with E-state index in [-0.39, 0.29) is 17.1 Å². The monoisotopic (exact) mass is 493 g/mol. The summed E-state index contributed by atoms with van der Waals surface area (Å²) in [7, 11) is 0. The highest BCUT2D eigenvalue weighted by atomic mass is 32.2. The highest BCUT2D eigenvalue weighted by Crippen LogP contribution is 2.27. The highest BCUT2D eigenvalue weighted by Gasteiger charge is 2.25. The van der Waals surface area contributed by atoms with Gasteiger partial charge in [0.25, 0.3) is 11.1 Å². The van der Waals surface area contributed by atoms with Crippen LogP contribution in [-0.2, 0) is 11.3 Å². The SMILES string of the molecule is O=C1NC(=O)C(=Cc2ccnc(NC3CCC(NCc4ccc(F)cc4-c4ccoc4)CC3)n2)S1. The first-order chi connectivity index (χ1) is 17.0. The van der Waals surface area contributed by atoms with Crippen molar-refractivity contribution in [2.45, 2.75) is 44.3 Å². The van der Waals surface area contributed by atoms with Gasteiger partial charge in [0.2, 0.25) is 5.95 Å². The lowest BCUT2D eigenvalue weighted by Gasteiger charge is -2.30. The number of carbonyl (C=O) groups excluding carboxylic acids is 2. The van der Waals surface area contributed by atoms with Crippen molar-refractivity contribution in [1.29, 1.82) is 0 Å². The van der Waals surface area contributed by atoms with Crippen molar-refractivity contribution >= 4 is 34.9 Å². The van der Waals surface area contributed by atoms with Crippen molar-refractivity contribution in [2.24, 2.45) is 0 Å². The van der Waals surface area contributed by atoms with Crippen molar-refractivity contribution in [1.82, 2.24) is 20.6 Å². The molecule has 0 spiro atoms. The number of hydrogen-bond acceptors (Lipinski definition) is 8. The number of halogens is 1. The molecule has 1 aromatic carbocycles. The van der Waals surface area contributed by atoms with Crippen molar-refractivity contribution in [3.8, 4) is 11.1 Å². The molecule has 2 fully saturated rings. The lowest BCUT2D eigenvalue weighted by Crippen LogP contribution is -2.37. The standard InChI is InChI=1S/C25H24FN5O3S/c26-17-2-1-15(21(11-17)16-8-10-34-14-16)13-28-18-3-5-19(6-4-18)29-24-27-9-7-20(30-24)12-22-23(32)31-25(33)35-22/h1-2,7-12,14,18-19,28H,3-6,13H2,(H,27,29,30)(H,31,32,33). The van der Waals surface area contributed by atoms with E-state index in [1.165, 1.54) is 6.07 Å². The zero-order valence-electron chi connectivity index (χ0n) is 18.8. The van der Waals surface area contributed by atoms with E-state index < -0.39 is 5.91 Å². The number of rotatable bonds is 7. The third kappa shape index (κ3) is 5.77. The quantitative estimate of drug-likeness (QED) is 0.406. The summed E-state index contributed by atoms with van der Waals surface area (Å²) in [6, 6.07) is 8.99. The van der Waals surface area contributed by atoms with Gasteiger partial charge < -0.3 is 15.1 Å². The van der Waals surface area contributed by atoms with Crippen LogP contribution in [0.4, 0.5) is 15.1 Å². The number of nitrogens with one attached hydrogen (secondary N) is 3. The van der Waals surface area contributed by atoms with Crippen LogP contribution < -0.4 is 16.0 Å². The third-order valence-electron chi connectivity index (χ3n) is 6.14. The Hall–Kier alpha value is -3.50. The maximum atomic E-state index is 13.8. The van der Waals surface area contributed by atoms with Gasteiger partial charge in [0.1, 0.15) is 5.82 Å². The zero-order chi connectivity index (χ0) is 24.2. The van der Waals surface area contributed by atoms with Gasteiger partial charge in [-0.3, -0.25) is 14.9 Å². The Labute approximate surface area is 205 Å². The van der Waals surface area contributed by atoms with E-state index in [0.717, 1.165) is 54.1 Å². The second-order valence-electron chi connectivity index (χ2n) is 8.54. The minimum Gasteiger partial charge on any atom is -0.472 e. The normalized spacial score (nSPS) is 21.3. The van der Waals surface area contributed by atoms with Gasteiger partial charge in [-0.25, -0.2) is 14.4 Å². The molecule has 1 saturated carbocycles. The average molecular weight is 494 g/mol. The smallest absolute Gasteiger partial charge is 0.290 e. The molecule has 3 aromatic rings. The van der Waals surface area contributed by atoms with Crippen LogP contribution in [0.15, 0.2) is 58.4 Å². The molecule has 0 unspecified atom stereocenters. The molecule has 8 nitrogen and oxygen atoms in total. The Bertz CT molecular complexity index is 1260. The molecule has 3 heterocycles. The van der Waals surface area contributed by atoms with Gasteiger partial charge in [0, 0.05) is 30.4 Å². The van der Waals surface area contributed by atoms with Crippen molar-refractivity contribution in [2.75, 3.05) is 5.32 Å². The number of thioether (sulfide) groups is 1. The first-order valence-corrected chi connectivity index (χ1v) is 12.2. The van der Waals surface area contributed by atoms with E-state index in [1.807, 2.05) is 12.1 Å². The number of nitrogens with zero attached hydrogens (tertiary/aromatic N) is 2. The van der Waals surface area contributed by atoms with Crippen LogP contribution in [0.5, 0.6) is 0 Å². The second-order valence-corrected chi connectivity index (χ2v) is 9.56. The number of furan rings is 1. The van der Waals surface area contributed by atoms with E-state index >= 15 is 0 Å². The van der Waals surface area contributed by atoms with Crippen molar-refractivity contribution in [3.63, 3.8) is 0 Å². The van der Waals surface area contributed by atoms with E-state index in [1.54, 1.807) is 36.9 Å². The summed E-state index contributed by atoms with van der Waals surface area (Å²) in [5.41, 5.74) is 3.30. The van der Waals surface area contributed by atoms with Crippen LogP contribution in [-0.4, -0.2) is 33.2 Å². The van der Waals surface area contributed by atoms with E-state index in [0.29, 0.717) is 29.1 Å². The van der Waals surface area contributed by atoms with E-state index in [2.05, 4.69) is 25.9 Å². The molecular formula is C25H24FN5O3S. The average Bonchev–Trinajstić information content (AvgIpc) is 3.49. The molecular weight excluding hydrogens is 469 g/mol. The third-order valence-corrected chi connectivity index (χ3v) is 6.95. The number of carbonyl (C=O) groups is 2. The Morgan fingerprint density at radius 3 is 2.71 bits per heavy atom. The van der Waals surface area contributed by atoms with Crippen LogP contribution in [0.1, 0.15) is 36.9 Å². The number of anilines is 1. The zero-order valence-corrected chi connectivity index (χ0v) is 19.6. The van der Waals surface area contributed by atoms with Crippen molar-refractivity contribution < 1.29 is 18.4 Å². The fourth-order valence-electron chi connectivity index (χ4n) is 4.35. The van der Waals surface area contributed by atoms with Crippen LogP contribution >= 0.6 is 11.8 Å². The van der Waals surface area contributed by atoms with Crippen LogP contribution in [0, 0.1) is 5.82 Å². The Kier molecular flexibility index (Phi) is 6.91. The molecule has 180 valence electrons. The fourth-order valence-corrected chi connectivity index (χ4v) is 5.01. The summed E-state index contributed by atoms with van der Waals surface area (Å²) in [6.45, 7) is 0.650. The number of imide groups is 1. The molecule has 35 heavy (non-hydrogen) atoms. The summed E-state index contributed by atoms with van der Waals surface area (Å²) in [5, 5.41) is 8.86. The van der Waals surface area contributed by atoms with Gasteiger partial charge >= 0.3 is 0 Å². The van der Waals surface area contributed by atoms with E-state index in [9.17, 15) is 14.0 Å². The molecule has 5 rings (SSSR count). The molecule has 1 saturated heterocycles. The summed E-state index contributed by atoms with van der Waals surface area (Å²) < 4.78 is 19.0. The van der Waals surface area contributed by atoms with Gasteiger partial charge in [0.05, 0.1) is 23.1 Å². The number of amides is 2. The first-order valence-electron chi connectivity index (χ1n) is 11.4. The topological polar surface area (TPSA) is 109 Å². The van der Waals surface area contributed by atoms with Crippen LogP contribution in [0.3, 0.4) is 0 Å². The lowest BCUT2D eigenvalue weighted by molar-refractivity contribution is -0.115. The van der Waals surface area contributed by atoms with Gasteiger partial charge in [-0.1, -0.05) is 6.07 Å². The molecule has 10 heteroatoms. The largest absolute Gasteiger partial charge is 0.472 e. The molecule has 1 aliphatic carbocycles. The summed E-state index contributed by atoms with van der Waals surface area (Å²) in [4.78, 5) is 32.2. The van der Waals surface area contributed by atoms with Gasteiger partial charge in [-0.2, -0.15) is 0 Å². The molecule has 2 aliphatic rings. The molecule has 2 amide bonds. The number of aromatic nitrogens is 2. The van der Waals surface area contributed by atoms with Gasteiger partial charge in [-0.15, -0.1) is 0 Å². The molecule has 0 bridgehead atoms. The van der Waals surface area contributed by atoms with Gasteiger partial charge in [-0.05, 0) is 78.9 Å². The van der Waals surface area contributed by atoms with Crippen molar-refractivity contribution in [3.05, 3.63) is 71.0 Å². The summed E-state index contributed by atoms with van der Waals surface area (Å²) >= 11 is 0.864. The van der Waals surface area contributed by atoms with E-state index in [4.69, 9.17) is 4.42 Å². The predicted molar refractivity (Wildman–Crippen MR) is 132 cm³/mol. The summed E-state index contributed by atoms with van der Waals surface area (Å²) in [6.07, 6.45) is 10.3. The predicted octanol–water partition coefficient (Wildman–Crippen LogP) is 4.71. The molecule has 2 aromatic heterocycles. The molecule has 1 aliphatic heterocycles. The molecule has 3 N–H and O–H groups in total. The first kappa shape index (κ1) is 23.3. The number of hydrogen-bond donors (Lipinski definition) is 3. The van der Waals surface area contributed by atoms with Gasteiger partial charge in [0.15, 0.2) is 0 Å². The van der Waals surface area contributed by atoms with Crippen LogP contribution in [0.25, 0.3) is 17.2 Å². The molecule has 0 radical (unpaired) electrons. The minimum atomic E-state index is -0.406. The Morgan fingerprint density at radius 1 is 1.14 bits per heavy atom.